The number of hydrogen-bond acceptors (Lipinski definition) is 5. The Bertz CT molecular complexity index is 1050. The summed E-state index contributed by atoms with van der Waals surface area (Å²) in [7, 11) is 0. The van der Waals surface area contributed by atoms with Gasteiger partial charge in [-0.05, 0) is 64.2 Å². The van der Waals surface area contributed by atoms with Crippen molar-refractivity contribution < 1.29 is 25.2 Å². The van der Waals surface area contributed by atoms with E-state index in [9.17, 15) is 25.2 Å². The standard InChI is InChI=1S/C63H123NO5/c1-3-5-7-9-11-13-15-17-19-21-22-23-24-25-26-27-28-29-30-31-32-33-34-35-36-37-38-39-41-43-45-47-49-51-53-55-57-61(67)63(69)64-59(58-65)62(68)60(66)56-54-52-50-48-46-44-42-40-20-18-16-14-12-10-8-6-4-2/h29-30,48,50,59-62,65-68H,3-28,31-47,49,51-58H2,1-2H3,(H,64,69)/b30-29-,50-48+. The number of aliphatic hydroxyl groups is 4. The van der Waals surface area contributed by atoms with Crippen LogP contribution >= 0.6 is 0 Å². The minimum atomic E-state index is -1.28. The van der Waals surface area contributed by atoms with Crippen LogP contribution in [0.2, 0.25) is 0 Å². The van der Waals surface area contributed by atoms with Crippen LogP contribution in [0, 0.1) is 0 Å². The predicted octanol–water partition coefficient (Wildman–Crippen LogP) is 18.6. The van der Waals surface area contributed by atoms with Gasteiger partial charge in [0.2, 0.25) is 5.91 Å². The van der Waals surface area contributed by atoms with Crippen molar-refractivity contribution in [1.29, 1.82) is 0 Å². The van der Waals surface area contributed by atoms with Gasteiger partial charge >= 0.3 is 0 Å². The molecular formula is C63H123NO5. The molecule has 0 rings (SSSR count). The Hall–Kier alpha value is -1.21. The fourth-order valence-electron chi connectivity index (χ4n) is 9.99. The minimum Gasteiger partial charge on any atom is -0.394 e. The van der Waals surface area contributed by atoms with Crippen LogP contribution < -0.4 is 5.32 Å². The lowest BCUT2D eigenvalue weighted by atomic mass is 10.00. The Labute approximate surface area is 431 Å². The van der Waals surface area contributed by atoms with E-state index in [1.807, 2.05) is 0 Å². The van der Waals surface area contributed by atoms with Crippen LogP contribution in [-0.4, -0.2) is 57.3 Å². The SMILES string of the molecule is CCCCCCCCCCCCCC/C=C/CCCC(O)C(O)C(CO)NC(=O)C(O)CCCCCCCCCCCCCCCCCC/C=C\CCCCCCCCCCCCCCCCCC. The highest BCUT2D eigenvalue weighted by molar-refractivity contribution is 5.80. The molecule has 0 aromatic heterocycles. The quantitative estimate of drug-likeness (QED) is 0.0308. The normalized spacial score (nSPS) is 13.8. The summed E-state index contributed by atoms with van der Waals surface area (Å²) in [5.74, 6) is -0.588. The number of nitrogens with one attached hydrogen (secondary N) is 1. The van der Waals surface area contributed by atoms with Crippen molar-refractivity contribution in [1.82, 2.24) is 5.32 Å². The molecule has 0 aliphatic rings. The number of amides is 1. The van der Waals surface area contributed by atoms with Crippen LogP contribution in [0.3, 0.4) is 0 Å². The summed E-state index contributed by atoms with van der Waals surface area (Å²) >= 11 is 0. The molecule has 0 fully saturated rings. The van der Waals surface area contributed by atoms with Crippen molar-refractivity contribution >= 4 is 5.91 Å². The molecule has 6 nitrogen and oxygen atoms in total. The number of allylic oxidation sites excluding steroid dienone is 4. The van der Waals surface area contributed by atoms with Crippen LogP contribution in [0.5, 0.6) is 0 Å². The van der Waals surface area contributed by atoms with Gasteiger partial charge in [-0.2, -0.15) is 0 Å². The molecule has 4 atom stereocenters. The first-order valence-corrected chi connectivity index (χ1v) is 31.2. The van der Waals surface area contributed by atoms with Gasteiger partial charge in [0, 0.05) is 0 Å². The van der Waals surface area contributed by atoms with Gasteiger partial charge in [0.05, 0.1) is 18.8 Å². The number of unbranched alkanes of at least 4 members (excludes halogenated alkanes) is 45. The Balaban J connectivity index is 3.54. The summed E-state index contributed by atoms with van der Waals surface area (Å²) in [5.41, 5.74) is 0. The Morgan fingerprint density at radius 1 is 0.348 bits per heavy atom. The summed E-state index contributed by atoms with van der Waals surface area (Å²) in [6.07, 6.45) is 71.4. The topological polar surface area (TPSA) is 110 Å². The highest BCUT2D eigenvalue weighted by Gasteiger charge is 2.28. The van der Waals surface area contributed by atoms with Gasteiger partial charge in [-0.25, -0.2) is 0 Å². The van der Waals surface area contributed by atoms with Crippen molar-refractivity contribution in [3.05, 3.63) is 24.3 Å². The maximum absolute atomic E-state index is 12.6. The molecule has 0 aromatic rings. The molecular weight excluding hydrogens is 851 g/mol. The summed E-state index contributed by atoms with van der Waals surface area (Å²) < 4.78 is 0. The number of carbonyl (C=O) groups is 1. The summed E-state index contributed by atoms with van der Waals surface area (Å²) in [6, 6.07) is -1.00. The lowest BCUT2D eigenvalue weighted by Gasteiger charge is -2.27. The second-order valence-electron chi connectivity index (χ2n) is 21.7. The number of hydrogen-bond donors (Lipinski definition) is 5. The van der Waals surface area contributed by atoms with Gasteiger partial charge in [0.15, 0.2) is 0 Å². The first kappa shape index (κ1) is 67.8. The molecule has 69 heavy (non-hydrogen) atoms. The van der Waals surface area contributed by atoms with Crippen LogP contribution in [0.15, 0.2) is 24.3 Å². The molecule has 410 valence electrons. The van der Waals surface area contributed by atoms with E-state index in [1.165, 1.54) is 276 Å². The monoisotopic (exact) mass is 974 g/mol. The summed E-state index contributed by atoms with van der Waals surface area (Å²) in [6.45, 7) is 4.08. The third-order valence-corrected chi connectivity index (χ3v) is 14.9. The smallest absolute Gasteiger partial charge is 0.249 e. The van der Waals surface area contributed by atoms with Crippen molar-refractivity contribution in [3.63, 3.8) is 0 Å². The van der Waals surface area contributed by atoms with E-state index in [0.29, 0.717) is 12.8 Å². The van der Waals surface area contributed by atoms with E-state index in [2.05, 4.69) is 43.5 Å². The second-order valence-corrected chi connectivity index (χ2v) is 21.7. The molecule has 0 aliphatic carbocycles. The van der Waals surface area contributed by atoms with Crippen molar-refractivity contribution in [2.45, 2.75) is 366 Å². The van der Waals surface area contributed by atoms with Crippen molar-refractivity contribution in [3.8, 4) is 0 Å². The van der Waals surface area contributed by atoms with Crippen molar-refractivity contribution in [2.24, 2.45) is 0 Å². The van der Waals surface area contributed by atoms with Crippen LogP contribution in [0.1, 0.15) is 341 Å². The van der Waals surface area contributed by atoms with E-state index < -0.39 is 36.9 Å². The second kappa shape index (κ2) is 57.7. The molecule has 5 N–H and O–H groups in total. The Morgan fingerprint density at radius 2 is 0.594 bits per heavy atom. The lowest BCUT2D eigenvalue weighted by Crippen LogP contribution is -2.53. The van der Waals surface area contributed by atoms with Gasteiger partial charge in [0.25, 0.3) is 0 Å². The van der Waals surface area contributed by atoms with Gasteiger partial charge in [0.1, 0.15) is 12.2 Å². The minimum absolute atomic E-state index is 0.366. The molecule has 4 unspecified atom stereocenters. The average molecular weight is 975 g/mol. The fourth-order valence-corrected chi connectivity index (χ4v) is 9.99. The highest BCUT2D eigenvalue weighted by Crippen LogP contribution is 2.18. The van der Waals surface area contributed by atoms with Gasteiger partial charge in [-0.15, -0.1) is 0 Å². The van der Waals surface area contributed by atoms with E-state index in [-0.39, 0.29) is 0 Å². The molecule has 0 radical (unpaired) electrons. The summed E-state index contributed by atoms with van der Waals surface area (Å²) in [5, 5.41) is 44.0. The molecule has 0 aliphatic heterocycles. The lowest BCUT2D eigenvalue weighted by molar-refractivity contribution is -0.132. The molecule has 0 saturated carbocycles. The van der Waals surface area contributed by atoms with Crippen LogP contribution in [-0.2, 0) is 4.79 Å². The zero-order valence-corrected chi connectivity index (χ0v) is 46.6. The van der Waals surface area contributed by atoms with Gasteiger partial charge in [-0.3, -0.25) is 4.79 Å². The van der Waals surface area contributed by atoms with E-state index in [0.717, 1.165) is 38.5 Å². The zero-order chi connectivity index (χ0) is 50.2. The molecule has 0 spiro atoms. The van der Waals surface area contributed by atoms with E-state index >= 15 is 0 Å². The van der Waals surface area contributed by atoms with Gasteiger partial charge < -0.3 is 25.7 Å². The molecule has 0 heterocycles. The Kier molecular flexibility index (Phi) is 56.7. The van der Waals surface area contributed by atoms with E-state index in [4.69, 9.17) is 0 Å². The van der Waals surface area contributed by atoms with Crippen molar-refractivity contribution in [2.75, 3.05) is 6.61 Å². The van der Waals surface area contributed by atoms with Crippen LogP contribution in [0.4, 0.5) is 0 Å². The fraction of sp³-hybridized carbons (Fsp3) is 0.921. The number of carbonyl (C=O) groups excluding carboxylic acids is 1. The van der Waals surface area contributed by atoms with Crippen LogP contribution in [0.25, 0.3) is 0 Å². The highest BCUT2D eigenvalue weighted by atomic mass is 16.3. The summed E-state index contributed by atoms with van der Waals surface area (Å²) in [4.78, 5) is 12.6. The molecule has 6 heteroatoms. The first-order chi connectivity index (χ1) is 34.0. The van der Waals surface area contributed by atoms with E-state index in [1.54, 1.807) is 0 Å². The zero-order valence-electron chi connectivity index (χ0n) is 46.6. The maximum atomic E-state index is 12.6. The third kappa shape index (κ3) is 51.5. The maximum Gasteiger partial charge on any atom is 0.249 e. The third-order valence-electron chi connectivity index (χ3n) is 14.9. The van der Waals surface area contributed by atoms with Gasteiger partial charge in [-0.1, -0.05) is 301 Å². The molecule has 0 bridgehead atoms. The molecule has 0 saturated heterocycles. The molecule has 1 amide bonds. The Morgan fingerprint density at radius 3 is 0.870 bits per heavy atom. The number of aliphatic hydroxyl groups excluding tert-OH is 4. The number of rotatable bonds is 58. The average Bonchev–Trinajstić information content (AvgIpc) is 3.35. The molecule has 0 aromatic carbocycles. The first-order valence-electron chi connectivity index (χ1n) is 31.2. The predicted molar refractivity (Wildman–Crippen MR) is 302 cm³/mol. The largest absolute Gasteiger partial charge is 0.394 e.